The van der Waals surface area contributed by atoms with Gasteiger partial charge in [-0.3, -0.25) is 0 Å². The van der Waals surface area contributed by atoms with Crippen molar-refractivity contribution in [3.05, 3.63) is 72.3 Å². The lowest BCUT2D eigenvalue weighted by Gasteiger charge is -2.32. The van der Waals surface area contributed by atoms with E-state index in [9.17, 15) is 0 Å². The molecule has 0 aliphatic heterocycles. The first kappa shape index (κ1) is 17.4. The van der Waals surface area contributed by atoms with Crippen LogP contribution in [0.4, 0.5) is 0 Å². The topological polar surface area (TPSA) is 18.5 Å². The van der Waals surface area contributed by atoms with Crippen molar-refractivity contribution in [2.24, 2.45) is 0 Å². The molecule has 2 nitrogen and oxygen atoms in total. The van der Waals surface area contributed by atoms with Crippen molar-refractivity contribution in [2.45, 2.75) is 26.6 Å². The summed E-state index contributed by atoms with van der Waals surface area (Å²) in [6, 6.07) is 24.1. The average Bonchev–Trinajstić information content (AvgIpc) is 2.71. The fourth-order valence-corrected chi connectivity index (χ4v) is 4.78. The van der Waals surface area contributed by atoms with Gasteiger partial charge in [-0.2, -0.15) is 0 Å². The lowest BCUT2D eigenvalue weighted by molar-refractivity contribution is -0.228. The van der Waals surface area contributed by atoms with Crippen LogP contribution in [0.25, 0.3) is 43.1 Å². The van der Waals surface area contributed by atoms with Crippen LogP contribution in [0.1, 0.15) is 26.3 Å². The Balaban J connectivity index is 2.06. The van der Waals surface area contributed by atoms with Crippen molar-refractivity contribution in [1.29, 1.82) is 0 Å². The van der Waals surface area contributed by atoms with Crippen molar-refractivity contribution in [2.75, 3.05) is 13.2 Å². The normalized spacial score (nSPS) is 12.7. The molecule has 0 atom stereocenters. The molecular weight excluding hydrogens is 344 g/mol. The van der Waals surface area contributed by atoms with Gasteiger partial charge in [0.25, 0.3) is 0 Å². The minimum Gasteiger partial charge on any atom is -0.346 e. The number of rotatable bonds is 5. The van der Waals surface area contributed by atoms with E-state index < -0.39 is 5.79 Å². The second-order valence-corrected chi connectivity index (χ2v) is 7.41. The highest BCUT2D eigenvalue weighted by Crippen LogP contribution is 2.44. The Morgan fingerprint density at radius 2 is 1.14 bits per heavy atom. The molecule has 5 aromatic rings. The smallest absolute Gasteiger partial charge is 0.192 e. The maximum atomic E-state index is 6.17. The van der Waals surface area contributed by atoms with Gasteiger partial charge in [0.1, 0.15) is 0 Å². The van der Waals surface area contributed by atoms with E-state index in [0.717, 1.165) is 5.56 Å². The SMILES string of the molecule is CCOC(C)(OCC)c1ccc2cccc3c4cccc5cccc(c1c23)c54. The number of benzene rings is 5. The first-order valence-corrected chi connectivity index (χ1v) is 10.0. The van der Waals surface area contributed by atoms with E-state index in [2.05, 4.69) is 66.7 Å². The minimum absolute atomic E-state index is 0.594. The second-order valence-electron chi connectivity index (χ2n) is 7.41. The van der Waals surface area contributed by atoms with Crippen molar-refractivity contribution < 1.29 is 9.47 Å². The third kappa shape index (κ3) is 2.35. The van der Waals surface area contributed by atoms with Crippen LogP contribution >= 0.6 is 0 Å². The van der Waals surface area contributed by atoms with Crippen LogP contribution in [0.3, 0.4) is 0 Å². The highest BCUT2D eigenvalue weighted by molar-refractivity contribution is 6.33. The first-order valence-electron chi connectivity index (χ1n) is 10.0. The number of hydrogen-bond donors (Lipinski definition) is 0. The average molecular weight is 368 g/mol. The van der Waals surface area contributed by atoms with Gasteiger partial charge in [0, 0.05) is 18.8 Å². The molecule has 0 saturated carbocycles. The summed E-state index contributed by atoms with van der Waals surface area (Å²) in [6.07, 6.45) is 0. The quantitative estimate of drug-likeness (QED) is 0.189. The largest absolute Gasteiger partial charge is 0.346 e. The van der Waals surface area contributed by atoms with E-state index in [0.29, 0.717) is 13.2 Å². The Labute approximate surface area is 165 Å². The fraction of sp³-hybridized carbons (Fsp3) is 0.231. The van der Waals surface area contributed by atoms with E-state index in [-0.39, 0.29) is 0 Å². The molecule has 0 heterocycles. The Morgan fingerprint density at radius 3 is 1.75 bits per heavy atom. The first-order chi connectivity index (χ1) is 13.7. The number of fused-ring (bicyclic) bond motifs is 2. The van der Waals surface area contributed by atoms with E-state index in [1.165, 1.54) is 43.1 Å². The zero-order valence-corrected chi connectivity index (χ0v) is 16.6. The van der Waals surface area contributed by atoms with Crippen molar-refractivity contribution in [3.8, 4) is 0 Å². The predicted octanol–water partition coefficient (Wildman–Crippen LogP) is 6.98. The van der Waals surface area contributed by atoms with Gasteiger partial charge in [-0.1, -0.05) is 66.7 Å². The maximum Gasteiger partial charge on any atom is 0.192 e. The van der Waals surface area contributed by atoms with Gasteiger partial charge in [-0.05, 0) is 63.9 Å². The van der Waals surface area contributed by atoms with Gasteiger partial charge in [0.15, 0.2) is 5.79 Å². The van der Waals surface area contributed by atoms with Crippen LogP contribution in [0, 0.1) is 0 Å². The predicted molar refractivity (Wildman–Crippen MR) is 118 cm³/mol. The fourth-order valence-electron chi connectivity index (χ4n) is 4.78. The van der Waals surface area contributed by atoms with Crippen LogP contribution in [-0.4, -0.2) is 13.2 Å². The van der Waals surface area contributed by atoms with Gasteiger partial charge in [-0.25, -0.2) is 0 Å². The Bertz CT molecular complexity index is 1290. The molecule has 5 aromatic carbocycles. The molecule has 0 fully saturated rings. The monoisotopic (exact) mass is 368 g/mol. The highest BCUT2D eigenvalue weighted by Gasteiger charge is 2.31. The summed E-state index contributed by atoms with van der Waals surface area (Å²) in [6.45, 7) is 7.27. The highest BCUT2D eigenvalue weighted by atomic mass is 16.7. The molecule has 0 radical (unpaired) electrons. The molecule has 28 heavy (non-hydrogen) atoms. The Hall–Kier alpha value is -2.68. The summed E-state index contributed by atoms with van der Waals surface area (Å²) in [4.78, 5) is 0. The van der Waals surface area contributed by atoms with Crippen LogP contribution in [0.5, 0.6) is 0 Å². The Morgan fingerprint density at radius 1 is 0.607 bits per heavy atom. The Kier molecular flexibility index (Phi) is 4.01. The zero-order valence-electron chi connectivity index (χ0n) is 16.6. The maximum absolute atomic E-state index is 6.17. The van der Waals surface area contributed by atoms with Crippen LogP contribution in [-0.2, 0) is 15.3 Å². The number of ether oxygens (including phenoxy) is 2. The van der Waals surface area contributed by atoms with Crippen molar-refractivity contribution in [1.82, 2.24) is 0 Å². The third-order valence-electron chi connectivity index (χ3n) is 5.84. The summed E-state index contributed by atoms with van der Waals surface area (Å²) < 4.78 is 12.3. The van der Waals surface area contributed by atoms with Crippen LogP contribution in [0.15, 0.2) is 66.7 Å². The van der Waals surface area contributed by atoms with E-state index >= 15 is 0 Å². The molecular formula is C26H24O2. The number of hydrogen-bond acceptors (Lipinski definition) is 2. The van der Waals surface area contributed by atoms with Crippen molar-refractivity contribution in [3.63, 3.8) is 0 Å². The van der Waals surface area contributed by atoms with Gasteiger partial charge in [0.2, 0.25) is 0 Å². The lowest BCUT2D eigenvalue weighted by Crippen LogP contribution is -2.30. The van der Waals surface area contributed by atoms with E-state index in [1.54, 1.807) is 0 Å². The van der Waals surface area contributed by atoms with E-state index in [4.69, 9.17) is 9.47 Å². The van der Waals surface area contributed by atoms with E-state index in [1.807, 2.05) is 20.8 Å². The molecule has 0 spiro atoms. The summed E-state index contributed by atoms with van der Waals surface area (Å²) >= 11 is 0. The minimum atomic E-state index is -0.783. The second kappa shape index (κ2) is 6.44. The molecule has 2 heteroatoms. The molecule has 0 unspecified atom stereocenters. The van der Waals surface area contributed by atoms with Gasteiger partial charge >= 0.3 is 0 Å². The summed E-state index contributed by atoms with van der Waals surface area (Å²) in [5.74, 6) is -0.783. The molecule has 0 amide bonds. The standard InChI is InChI=1S/C26H24O2/c1-4-27-26(3,28-5-2)22-16-15-18-11-7-13-20-19-12-6-9-17-10-8-14-21(23(17)19)25(22)24(18)20/h6-16H,4-5H2,1-3H3. The van der Waals surface area contributed by atoms with Gasteiger partial charge < -0.3 is 9.47 Å². The summed E-state index contributed by atoms with van der Waals surface area (Å²) in [5, 5.41) is 10.2. The van der Waals surface area contributed by atoms with Gasteiger partial charge in [-0.15, -0.1) is 0 Å². The van der Waals surface area contributed by atoms with Gasteiger partial charge in [0.05, 0.1) is 0 Å². The molecule has 0 aliphatic rings. The lowest BCUT2D eigenvalue weighted by atomic mass is 9.86. The molecule has 0 saturated heterocycles. The summed E-state index contributed by atoms with van der Waals surface area (Å²) in [5.41, 5.74) is 1.10. The molecule has 140 valence electrons. The molecule has 0 aromatic heterocycles. The van der Waals surface area contributed by atoms with Crippen molar-refractivity contribution >= 4 is 43.1 Å². The van der Waals surface area contributed by atoms with Crippen LogP contribution in [0.2, 0.25) is 0 Å². The molecule has 0 aliphatic carbocycles. The molecule has 5 rings (SSSR count). The molecule has 0 bridgehead atoms. The summed E-state index contributed by atoms with van der Waals surface area (Å²) in [7, 11) is 0. The zero-order chi connectivity index (χ0) is 19.3. The van der Waals surface area contributed by atoms with Crippen LogP contribution < -0.4 is 0 Å². The third-order valence-corrected chi connectivity index (χ3v) is 5.84. The molecule has 0 N–H and O–H groups in total.